The highest BCUT2D eigenvalue weighted by atomic mass is 79.9. The smallest absolute Gasteiger partial charge is 0.308 e. The highest BCUT2D eigenvalue weighted by molar-refractivity contribution is 9.10. The summed E-state index contributed by atoms with van der Waals surface area (Å²) < 4.78 is 29.0. The van der Waals surface area contributed by atoms with Gasteiger partial charge in [-0.25, -0.2) is 13.7 Å². The van der Waals surface area contributed by atoms with Gasteiger partial charge >= 0.3 is 4.87 Å². The lowest BCUT2D eigenvalue weighted by atomic mass is 9.83. The molecule has 3 unspecified atom stereocenters. The van der Waals surface area contributed by atoms with Crippen molar-refractivity contribution in [3.63, 3.8) is 0 Å². The van der Waals surface area contributed by atoms with Crippen LogP contribution in [-0.4, -0.2) is 27.5 Å². The lowest BCUT2D eigenvalue weighted by Gasteiger charge is -2.30. The number of hydrogen-bond acceptors (Lipinski definition) is 6. The third kappa shape index (κ3) is 4.69. The summed E-state index contributed by atoms with van der Waals surface area (Å²) in [6, 6.07) is 17.7. The molecule has 3 heterocycles. The monoisotopic (exact) mass is 641 g/mol. The van der Waals surface area contributed by atoms with Crippen LogP contribution in [-0.2, 0) is 20.9 Å². The highest BCUT2D eigenvalue weighted by Crippen LogP contribution is 2.53. The SMILES string of the molecule is O=C(Cn1c2c(sc1=O)C(c1ccc(Br)cc1)C1C(=O)N(c3ccc(F)cc3)C(=O)C1S2)Nc1ccc(F)cc1. The number of fused-ring (bicyclic) bond motifs is 2. The van der Waals surface area contributed by atoms with Crippen LogP contribution in [0.15, 0.2) is 87.1 Å². The van der Waals surface area contributed by atoms with Gasteiger partial charge in [0, 0.05) is 21.0 Å². The Kier molecular flexibility index (Phi) is 6.93. The maximum Gasteiger partial charge on any atom is 0.308 e. The van der Waals surface area contributed by atoms with Crippen LogP contribution in [0.1, 0.15) is 16.4 Å². The Labute approximate surface area is 242 Å². The van der Waals surface area contributed by atoms with E-state index in [1.165, 1.54) is 53.1 Å². The average molecular weight is 643 g/mol. The van der Waals surface area contributed by atoms with E-state index in [9.17, 15) is 28.0 Å². The van der Waals surface area contributed by atoms with E-state index in [1.54, 1.807) is 0 Å². The first kappa shape index (κ1) is 26.6. The van der Waals surface area contributed by atoms with Crippen LogP contribution in [0.3, 0.4) is 0 Å². The van der Waals surface area contributed by atoms with Gasteiger partial charge < -0.3 is 5.32 Å². The second-order valence-electron chi connectivity index (χ2n) is 9.26. The van der Waals surface area contributed by atoms with E-state index in [0.717, 1.165) is 38.0 Å². The molecule has 202 valence electrons. The number of nitrogens with one attached hydrogen (secondary N) is 1. The first-order chi connectivity index (χ1) is 19.2. The molecule has 3 atom stereocenters. The van der Waals surface area contributed by atoms with Crippen molar-refractivity contribution in [2.24, 2.45) is 5.92 Å². The molecule has 0 saturated carbocycles. The van der Waals surface area contributed by atoms with Gasteiger partial charge in [-0.05, 0) is 66.2 Å². The molecule has 0 aliphatic carbocycles. The second kappa shape index (κ2) is 10.4. The predicted octanol–water partition coefficient (Wildman–Crippen LogP) is 5.39. The number of thiazole rings is 1. The number of thioether (sulfide) groups is 1. The number of aromatic nitrogens is 1. The van der Waals surface area contributed by atoms with Crippen molar-refractivity contribution in [1.29, 1.82) is 0 Å². The fourth-order valence-corrected chi connectivity index (χ4v) is 8.04. The van der Waals surface area contributed by atoms with E-state index in [1.807, 2.05) is 24.3 Å². The number of benzene rings is 3. The number of imide groups is 1. The summed E-state index contributed by atoms with van der Waals surface area (Å²) in [5.41, 5.74) is 1.38. The fourth-order valence-electron chi connectivity index (χ4n) is 5.01. The fraction of sp³-hybridized carbons (Fsp3) is 0.143. The molecular weight excluding hydrogens is 624 g/mol. The Balaban J connectivity index is 1.40. The highest BCUT2D eigenvalue weighted by Gasteiger charge is 2.56. The molecule has 40 heavy (non-hydrogen) atoms. The molecule has 12 heteroatoms. The van der Waals surface area contributed by atoms with Gasteiger partial charge in [0.15, 0.2) is 0 Å². The normalized spacial score (nSPS) is 19.9. The van der Waals surface area contributed by atoms with Gasteiger partial charge in [-0.15, -0.1) is 0 Å². The molecule has 3 amide bonds. The summed E-state index contributed by atoms with van der Waals surface area (Å²) >= 11 is 5.45. The molecular formula is C28H18BrF2N3O4S2. The van der Waals surface area contributed by atoms with Crippen molar-refractivity contribution in [1.82, 2.24) is 4.57 Å². The lowest BCUT2D eigenvalue weighted by Crippen LogP contribution is -2.33. The van der Waals surface area contributed by atoms with Crippen molar-refractivity contribution in [3.05, 3.63) is 109 Å². The van der Waals surface area contributed by atoms with Crippen LogP contribution in [0, 0.1) is 17.6 Å². The van der Waals surface area contributed by atoms with Crippen LogP contribution in [0.5, 0.6) is 0 Å². The van der Waals surface area contributed by atoms with Gasteiger partial charge in [0.05, 0.1) is 16.6 Å². The maximum atomic E-state index is 13.8. The summed E-state index contributed by atoms with van der Waals surface area (Å²) in [5, 5.41) is 2.23. The number of carbonyl (C=O) groups is 3. The first-order valence-corrected chi connectivity index (χ1v) is 14.5. The zero-order valence-electron chi connectivity index (χ0n) is 20.3. The number of anilines is 2. The largest absolute Gasteiger partial charge is 0.325 e. The van der Waals surface area contributed by atoms with Crippen LogP contribution in [0.25, 0.3) is 0 Å². The summed E-state index contributed by atoms with van der Waals surface area (Å²) in [6.45, 7) is -0.330. The summed E-state index contributed by atoms with van der Waals surface area (Å²) in [4.78, 5) is 54.8. The van der Waals surface area contributed by atoms with Crippen molar-refractivity contribution in [2.75, 3.05) is 10.2 Å². The van der Waals surface area contributed by atoms with Crippen LogP contribution in [0.2, 0.25) is 0 Å². The molecule has 0 radical (unpaired) electrons. The number of rotatable bonds is 5. The molecule has 7 nitrogen and oxygen atoms in total. The van der Waals surface area contributed by atoms with Gasteiger partial charge in [0.2, 0.25) is 17.7 Å². The van der Waals surface area contributed by atoms with Crippen molar-refractivity contribution in [2.45, 2.75) is 22.7 Å². The van der Waals surface area contributed by atoms with Gasteiger partial charge in [-0.1, -0.05) is 51.2 Å². The van der Waals surface area contributed by atoms with Gasteiger partial charge in [0.25, 0.3) is 0 Å². The number of carbonyl (C=O) groups excluding carboxylic acids is 3. The van der Waals surface area contributed by atoms with Crippen LogP contribution in [0.4, 0.5) is 20.2 Å². The summed E-state index contributed by atoms with van der Waals surface area (Å²) in [6.07, 6.45) is 0. The van der Waals surface area contributed by atoms with Crippen molar-refractivity contribution >= 4 is 68.1 Å². The van der Waals surface area contributed by atoms with E-state index < -0.39 is 51.3 Å². The second-order valence-corrected chi connectivity index (χ2v) is 12.3. The Morgan fingerprint density at radius 3 is 2.15 bits per heavy atom. The molecule has 4 aromatic rings. The molecule has 0 spiro atoms. The van der Waals surface area contributed by atoms with E-state index >= 15 is 0 Å². The summed E-state index contributed by atoms with van der Waals surface area (Å²) in [7, 11) is 0. The van der Waals surface area contributed by atoms with E-state index in [-0.39, 0.29) is 12.2 Å². The molecule has 1 aromatic heterocycles. The van der Waals surface area contributed by atoms with Gasteiger partial charge in [0.1, 0.15) is 23.4 Å². The zero-order chi connectivity index (χ0) is 28.1. The average Bonchev–Trinajstić information content (AvgIpc) is 3.37. The quantitative estimate of drug-likeness (QED) is 0.296. The molecule has 2 aliphatic rings. The Hall–Kier alpha value is -3.61. The minimum absolute atomic E-state index is 0.264. The number of nitrogens with zero attached hydrogens (tertiary/aromatic N) is 2. The van der Waals surface area contributed by atoms with Crippen molar-refractivity contribution in [3.8, 4) is 0 Å². The molecule has 2 aliphatic heterocycles. The Morgan fingerprint density at radius 1 is 0.875 bits per heavy atom. The summed E-state index contributed by atoms with van der Waals surface area (Å²) in [5.74, 6) is -3.77. The minimum Gasteiger partial charge on any atom is -0.325 e. The van der Waals surface area contributed by atoms with Crippen LogP contribution < -0.4 is 15.1 Å². The standard InChI is InChI=1S/C28H18BrF2N3O4S2/c29-15-3-1-14(2-4-15)21-22-23(26(37)34(25(22)36)19-11-7-17(31)8-12-19)39-27-24(21)40-28(38)33(27)13-20(35)32-18-9-5-16(30)6-10-18/h1-12,21-23H,13H2,(H,32,35). The molecule has 0 bridgehead atoms. The Bertz CT molecular complexity index is 1710. The topological polar surface area (TPSA) is 88.5 Å². The van der Waals surface area contributed by atoms with Crippen molar-refractivity contribution < 1.29 is 23.2 Å². The predicted molar refractivity (Wildman–Crippen MR) is 152 cm³/mol. The third-order valence-electron chi connectivity index (χ3n) is 6.79. The van der Waals surface area contributed by atoms with E-state index in [0.29, 0.717) is 15.6 Å². The lowest BCUT2D eigenvalue weighted by molar-refractivity contribution is -0.122. The molecule has 3 aromatic carbocycles. The molecule has 1 fully saturated rings. The zero-order valence-corrected chi connectivity index (χ0v) is 23.6. The third-order valence-corrected chi connectivity index (χ3v) is 9.93. The Morgan fingerprint density at radius 2 is 1.50 bits per heavy atom. The van der Waals surface area contributed by atoms with E-state index in [2.05, 4.69) is 21.2 Å². The minimum atomic E-state index is -0.862. The van der Waals surface area contributed by atoms with Gasteiger partial charge in [-0.2, -0.15) is 0 Å². The molecule has 6 rings (SSSR count). The maximum absolute atomic E-state index is 13.8. The molecule has 1 N–H and O–H groups in total. The van der Waals surface area contributed by atoms with Gasteiger partial charge in [-0.3, -0.25) is 23.7 Å². The number of hydrogen-bond donors (Lipinski definition) is 1. The first-order valence-electron chi connectivity index (χ1n) is 12.1. The number of amides is 3. The van der Waals surface area contributed by atoms with Crippen LogP contribution >= 0.6 is 39.0 Å². The number of halogens is 3. The molecule has 1 saturated heterocycles. The van der Waals surface area contributed by atoms with E-state index in [4.69, 9.17) is 0 Å².